The molecule has 0 saturated carbocycles. The summed E-state index contributed by atoms with van der Waals surface area (Å²) in [5.74, 6) is 0.744. The summed E-state index contributed by atoms with van der Waals surface area (Å²) >= 11 is 0. The summed E-state index contributed by atoms with van der Waals surface area (Å²) in [5, 5.41) is 18.5. The number of rotatable bonds is 4. The topological polar surface area (TPSA) is 76.3 Å². The zero-order valence-corrected chi connectivity index (χ0v) is 12.9. The highest BCUT2D eigenvalue weighted by atomic mass is 16.3. The number of aromatic nitrogens is 2. The zero-order chi connectivity index (χ0) is 16.1. The van der Waals surface area contributed by atoms with Gasteiger partial charge in [-0.3, -0.25) is 9.88 Å². The van der Waals surface area contributed by atoms with Crippen LogP contribution in [0.1, 0.15) is 5.56 Å². The van der Waals surface area contributed by atoms with Gasteiger partial charge in [0.15, 0.2) is 0 Å². The third kappa shape index (κ3) is 3.47. The second kappa shape index (κ2) is 7.18. The van der Waals surface area contributed by atoms with Gasteiger partial charge in [0.05, 0.1) is 12.2 Å². The molecule has 1 aliphatic rings. The molecule has 118 valence electrons. The molecular formula is C17H19N5O. The number of nitrogens with zero attached hydrogens (tertiary/aromatic N) is 5. The highest BCUT2D eigenvalue weighted by Crippen LogP contribution is 2.25. The van der Waals surface area contributed by atoms with Crippen molar-refractivity contribution in [2.45, 2.75) is 0 Å². The lowest BCUT2D eigenvalue weighted by atomic mass is 10.1. The van der Waals surface area contributed by atoms with Gasteiger partial charge in [-0.1, -0.05) is 0 Å². The summed E-state index contributed by atoms with van der Waals surface area (Å²) in [7, 11) is 0. The SMILES string of the molecule is N#Cc1cc(-c2ccncc2)cnc1N1CCN(CCO)CC1. The van der Waals surface area contributed by atoms with E-state index in [4.69, 9.17) is 5.11 Å². The number of β-amino-alcohol motifs (C(OH)–C–C–N with tert-alkyl or cyclic N) is 1. The number of hydrogen-bond donors (Lipinski definition) is 1. The van der Waals surface area contributed by atoms with E-state index in [2.05, 4.69) is 25.8 Å². The average molecular weight is 309 g/mol. The van der Waals surface area contributed by atoms with Gasteiger partial charge < -0.3 is 10.0 Å². The molecule has 0 aromatic carbocycles. The van der Waals surface area contributed by atoms with Crippen molar-refractivity contribution in [1.29, 1.82) is 5.26 Å². The molecular weight excluding hydrogens is 290 g/mol. The van der Waals surface area contributed by atoms with Gasteiger partial charge in [-0.15, -0.1) is 0 Å². The highest BCUT2D eigenvalue weighted by molar-refractivity contribution is 5.68. The smallest absolute Gasteiger partial charge is 0.146 e. The van der Waals surface area contributed by atoms with Crippen LogP contribution in [0.2, 0.25) is 0 Å². The molecule has 2 aromatic heterocycles. The van der Waals surface area contributed by atoms with E-state index in [1.165, 1.54) is 0 Å². The Labute approximate surface area is 135 Å². The molecule has 6 heteroatoms. The quantitative estimate of drug-likeness (QED) is 0.912. The molecule has 6 nitrogen and oxygen atoms in total. The van der Waals surface area contributed by atoms with Crippen molar-refractivity contribution in [1.82, 2.24) is 14.9 Å². The van der Waals surface area contributed by atoms with Crippen LogP contribution < -0.4 is 4.90 Å². The van der Waals surface area contributed by atoms with Crippen molar-refractivity contribution in [3.63, 3.8) is 0 Å². The summed E-state index contributed by atoms with van der Waals surface area (Å²) in [6.07, 6.45) is 5.27. The Balaban J connectivity index is 1.80. The third-order valence-electron chi connectivity index (χ3n) is 4.09. The first kappa shape index (κ1) is 15.4. The van der Waals surface area contributed by atoms with Gasteiger partial charge in [-0.05, 0) is 23.8 Å². The lowest BCUT2D eigenvalue weighted by Crippen LogP contribution is -2.47. The molecule has 1 aliphatic heterocycles. The van der Waals surface area contributed by atoms with E-state index in [0.717, 1.165) is 43.1 Å². The Bertz CT molecular complexity index is 690. The minimum Gasteiger partial charge on any atom is -0.395 e. The van der Waals surface area contributed by atoms with Crippen molar-refractivity contribution in [3.8, 4) is 17.2 Å². The lowest BCUT2D eigenvalue weighted by molar-refractivity contribution is 0.188. The van der Waals surface area contributed by atoms with Gasteiger partial charge in [0.2, 0.25) is 0 Å². The molecule has 0 bridgehead atoms. The fourth-order valence-electron chi connectivity index (χ4n) is 2.82. The van der Waals surface area contributed by atoms with E-state index in [0.29, 0.717) is 12.1 Å². The Kier molecular flexibility index (Phi) is 4.81. The molecule has 1 saturated heterocycles. The molecule has 0 atom stereocenters. The standard InChI is InChI=1S/C17H19N5O/c18-12-15-11-16(14-1-3-19-4-2-14)13-20-17(15)22-7-5-21(6-8-22)9-10-23/h1-4,11,13,23H,5-10H2. The van der Waals surface area contributed by atoms with Crippen LogP contribution in [-0.4, -0.2) is 59.3 Å². The average Bonchev–Trinajstić information content (AvgIpc) is 2.63. The van der Waals surface area contributed by atoms with Crippen molar-refractivity contribution in [3.05, 3.63) is 42.4 Å². The maximum absolute atomic E-state index is 9.48. The van der Waals surface area contributed by atoms with Gasteiger partial charge >= 0.3 is 0 Å². The summed E-state index contributed by atoms with van der Waals surface area (Å²) in [6, 6.07) is 7.97. The van der Waals surface area contributed by atoms with Gasteiger partial charge in [-0.2, -0.15) is 5.26 Å². The third-order valence-corrected chi connectivity index (χ3v) is 4.09. The first-order valence-corrected chi connectivity index (χ1v) is 7.70. The van der Waals surface area contributed by atoms with Crippen molar-refractivity contribution < 1.29 is 5.11 Å². The molecule has 0 aliphatic carbocycles. The molecule has 3 heterocycles. The molecule has 1 N–H and O–H groups in total. The predicted octanol–water partition coefficient (Wildman–Crippen LogP) is 1.13. The summed E-state index contributed by atoms with van der Waals surface area (Å²) < 4.78 is 0. The van der Waals surface area contributed by atoms with Crippen LogP contribution in [0.5, 0.6) is 0 Å². The Morgan fingerprint density at radius 1 is 1.13 bits per heavy atom. The second-order valence-electron chi connectivity index (χ2n) is 5.50. The lowest BCUT2D eigenvalue weighted by Gasteiger charge is -2.35. The van der Waals surface area contributed by atoms with E-state index < -0.39 is 0 Å². The van der Waals surface area contributed by atoms with Crippen LogP contribution in [0.4, 0.5) is 5.82 Å². The van der Waals surface area contributed by atoms with Gasteiger partial charge in [0.25, 0.3) is 0 Å². The first-order chi connectivity index (χ1) is 11.3. The fraction of sp³-hybridized carbons (Fsp3) is 0.353. The van der Waals surface area contributed by atoms with Gasteiger partial charge in [0, 0.05) is 56.9 Å². The molecule has 1 fully saturated rings. The van der Waals surface area contributed by atoms with E-state index in [1.54, 1.807) is 12.4 Å². The predicted molar refractivity (Wildman–Crippen MR) is 87.9 cm³/mol. The van der Waals surface area contributed by atoms with Gasteiger partial charge in [-0.25, -0.2) is 4.98 Å². The van der Waals surface area contributed by atoms with Crippen molar-refractivity contribution in [2.75, 3.05) is 44.2 Å². The Hall–Kier alpha value is -2.49. The fourth-order valence-corrected chi connectivity index (χ4v) is 2.82. The van der Waals surface area contributed by atoms with E-state index in [9.17, 15) is 5.26 Å². The van der Waals surface area contributed by atoms with Crippen LogP contribution in [0, 0.1) is 11.3 Å². The van der Waals surface area contributed by atoms with Crippen molar-refractivity contribution >= 4 is 5.82 Å². The number of pyridine rings is 2. The molecule has 23 heavy (non-hydrogen) atoms. The van der Waals surface area contributed by atoms with Crippen LogP contribution >= 0.6 is 0 Å². The maximum Gasteiger partial charge on any atom is 0.146 e. The molecule has 0 spiro atoms. The normalized spacial score (nSPS) is 15.4. The van der Waals surface area contributed by atoms with Gasteiger partial charge in [0.1, 0.15) is 11.9 Å². The largest absolute Gasteiger partial charge is 0.395 e. The van der Waals surface area contributed by atoms with Crippen LogP contribution in [0.15, 0.2) is 36.8 Å². The number of piperazine rings is 1. The number of hydrogen-bond acceptors (Lipinski definition) is 6. The molecule has 0 unspecified atom stereocenters. The maximum atomic E-state index is 9.48. The summed E-state index contributed by atoms with van der Waals surface area (Å²) in [5.41, 5.74) is 2.52. The highest BCUT2D eigenvalue weighted by Gasteiger charge is 2.20. The summed E-state index contributed by atoms with van der Waals surface area (Å²) in [6.45, 7) is 4.26. The van der Waals surface area contributed by atoms with E-state index in [-0.39, 0.29) is 6.61 Å². The monoisotopic (exact) mass is 309 g/mol. The molecule has 0 radical (unpaired) electrons. The second-order valence-corrected chi connectivity index (χ2v) is 5.50. The number of aliphatic hydroxyl groups is 1. The first-order valence-electron chi connectivity index (χ1n) is 7.70. The van der Waals surface area contributed by atoms with Crippen LogP contribution in [0.3, 0.4) is 0 Å². The number of anilines is 1. The molecule has 2 aromatic rings. The van der Waals surface area contributed by atoms with Crippen molar-refractivity contribution in [2.24, 2.45) is 0 Å². The zero-order valence-electron chi connectivity index (χ0n) is 12.9. The number of nitriles is 1. The summed E-state index contributed by atoms with van der Waals surface area (Å²) in [4.78, 5) is 12.9. The minimum atomic E-state index is 0.183. The Morgan fingerprint density at radius 2 is 1.87 bits per heavy atom. The van der Waals surface area contributed by atoms with Crippen LogP contribution in [0.25, 0.3) is 11.1 Å². The minimum absolute atomic E-state index is 0.183. The molecule has 0 amide bonds. The molecule has 3 rings (SSSR count). The van der Waals surface area contributed by atoms with E-state index in [1.807, 2.05) is 24.4 Å². The Morgan fingerprint density at radius 3 is 2.52 bits per heavy atom. The number of aliphatic hydroxyl groups excluding tert-OH is 1. The van der Waals surface area contributed by atoms with Crippen LogP contribution in [-0.2, 0) is 0 Å². The van der Waals surface area contributed by atoms with E-state index >= 15 is 0 Å².